The standard InChI is InChI=1S/C18H16FNO3S/c1-23-17-8-4-15-11-18(9-5-14(15)10-17)24(21,22)20-12-13-2-6-16(19)7-3-13/h2-11,20H,12H2,1H3. The number of fused-ring (bicyclic) bond motifs is 1. The van der Waals surface area contributed by atoms with Crippen molar-refractivity contribution in [2.24, 2.45) is 0 Å². The van der Waals surface area contributed by atoms with Gasteiger partial charge in [-0.05, 0) is 52.7 Å². The monoisotopic (exact) mass is 345 g/mol. The van der Waals surface area contributed by atoms with Crippen LogP contribution in [0.1, 0.15) is 5.56 Å². The van der Waals surface area contributed by atoms with Gasteiger partial charge in [0, 0.05) is 6.54 Å². The number of nitrogens with one attached hydrogen (secondary N) is 1. The Morgan fingerprint density at radius 2 is 1.62 bits per heavy atom. The Kier molecular flexibility index (Phi) is 4.51. The van der Waals surface area contributed by atoms with Crippen LogP contribution in [0.15, 0.2) is 65.6 Å². The van der Waals surface area contributed by atoms with E-state index in [9.17, 15) is 12.8 Å². The molecule has 24 heavy (non-hydrogen) atoms. The van der Waals surface area contributed by atoms with E-state index in [0.717, 1.165) is 10.8 Å². The second kappa shape index (κ2) is 6.59. The van der Waals surface area contributed by atoms with E-state index in [1.165, 1.54) is 12.1 Å². The number of hydrogen-bond donors (Lipinski definition) is 1. The van der Waals surface area contributed by atoms with Gasteiger partial charge in [0.15, 0.2) is 0 Å². The van der Waals surface area contributed by atoms with Crippen molar-refractivity contribution >= 4 is 20.8 Å². The van der Waals surface area contributed by atoms with Gasteiger partial charge < -0.3 is 4.74 Å². The number of benzene rings is 3. The van der Waals surface area contributed by atoms with Crippen LogP contribution in [-0.4, -0.2) is 15.5 Å². The Hall–Kier alpha value is -2.44. The maximum Gasteiger partial charge on any atom is 0.240 e. The molecule has 0 radical (unpaired) electrons. The lowest BCUT2D eigenvalue weighted by atomic mass is 10.1. The van der Waals surface area contributed by atoms with Gasteiger partial charge in [0.1, 0.15) is 11.6 Å². The predicted molar refractivity (Wildman–Crippen MR) is 90.9 cm³/mol. The number of rotatable bonds is 5. The highest BCUT2D eigenvalue weighted by molar-refractivity contribution is 7.89. The minimum atomic E-state index is -3.65. The summed E-state index contributed by atoms with van der Waals surface area (Å²) in [5.41, 5.74) is 0.686. The van der Waals surface area contributed by atoms with Crippen molar-refractivity contribution < 1.29 is 17.5 Å². The highest BCUT2D eigenvalue weighted by Gasteiger charge is 2.14. The zero-order valence-electron chi connectivity index (χ0n) is 13.0. The average molecular weight is 345 g/mol. The van der Waals surface area contributed by atoms with Crippen LogP contribution in [0.2, 0.25) is 0 Å². The first-order chi connectivity index (χ1) is 11.5. The third kappa shape index (κ3) is 3.55. The van der Waals surface area contributed by atoms with Crippen molar-refractivity contribution in [3.05, 3.63) is 72.0 Å². The Morgan fingerprint density at radius 3 is 2.33 bits per heavy atom. The van der Waals surface area contributed by atoms with Crippen molar-refractivity contribution in [3.63, 3.8) is 0 Å². The molecular formula is C18H16FNO3S. The SMILES string of the molecule is COc1ccc2cc(S(=O)(=O)NCc3ccc(F)cc3)ccc2c1. The zero-order chi connectivity index (χ0) is 17.2. The minimum Gasteiger partial charge on any atom is -0.497 e. The van der Waals surface area contributed by atoms with Gasteiger partial charge in [0.25, 0.3) is 0 Å². The molecule has 0 atom stereocenters. The summed E-state index contributed by atoms with van der Waals surface area (Å²) in [5, 5.41) is 1.70. The molecule has 1 N–H and O–H groups in total. The molecule has 0 heterocycles. The fraction of sp³-hybridized carbons (Fsp3) is 0.111. The Labute approximate surface area is 139 Å². The molecule has 124 valence electrons. The molecule has 0 unspecified atom stereocenters. The molecule has 6 heteroatoms. The number of ether oxygens (including phenoxy) is 1. The lowest BCUT2D eigenvalue weighted by Gasteiger charge is -2.09. The highest BCUT2D eigenvalue weighted by atomic mass is 32.2. The van der Waals surface area contributed by atoms with Crippen LogP contribution in [0.25, 0.3) is 10.8 Å². The topological polar surface area (TPSA) is 55.4 Å². The van der Waals surface area contributed by atoms with Crippen molar-refractivity contribution in [1.29, 1.82) is 0 Å². The average Bonchev–Trinajstić information content (AvgIpc) is 2.60. The molecule has 3 rings (SSSR count). The number of halogens is 1. The smallest absolute Gasteiger partial charge is 0.240 e. The van der Waals surface area contributed by atoms with Gasteiger partial charge in [-0.25, -0.2) is 17.5 Å². The first kappa shape index (κ1) is 16.4. The normalized spacial score (nSPS) is 11.6. The Bertz CT molecular complexity index is 969. The summed E-state index contributed by atoms with van der Waals surface area (Å²) in [6.45, 7) is 0.100. The van der Waals surface area contributed by atoms with Crippen molar-refractivity contribution in [2.75, 3.05) is 7.11 Å². The van der Waals surface area contributed by atoms with Crippen LogP contribution >= 0.6 is 0 Å². The van der Waals surface area contributed by atoms with E-state index in [2.05, 4.69) is 4.72 Å². The van der Waals surface area contributed by atoms with Gasteiger partial charge in [-0.2, -0.15) is 0 Å². The van der Waals surface area contributed by atoms with E-state index in [-0.39, 0.29) is 17.3 Å². The quantitative estimate of drug-likeness (QED) is 0.770. The second-order valence-corrected chi connectivity index (χ2v) is 7.09. The highest BCUT2D eigenvalue weighted by Crippen LogP contribution is 2.23. The van der Waals surface area contributed by atoms with Crippen LogP contribution in [0.4, 0.5) is 4.39 Å². The first-order valence-corrected chi connectivity index (χ1v) is 8.78. The number of methoxy groups -OCH3 is 1. The maximum atomic E-state index is 12.9. The second-order valence-electron chi connectivity index (χ2n) is 5.33. The van der Waals surface area contributed by atoms with E-state index in [1.54, 1.807) is 43.5 Å². The summed E-state index contributed by atoms with van der Waals surface area (Å²) in [6, 6.07) is 16.0. The molecule has 0 aromatic heterocycles. The molecule has 0 aliphatic rings. The summed E-state index contributed by atoms with van der Waals surface area (Å²) in [4.78, 5) is 0.183. The van der Waals surface area contributed by atoms with Gasteiger partial charge in [-0.3, -0.25) is 0 Å². The molecule has 0 aliphatic heterocycles. The predicted octanol–water partition coefficient (Wildman–Crippen LogP) is 3.47. The molecule has 3 aromatic rings. The lowest BCUT2D eigenvalue weighted by Crippen LogP contribution is -2.23. The van der Waals surface area contributed by atoms with Gasteiger partial charge in [-0.1, -0.05) is 24.3 Å². The summed E-state index contributed by atoms with van der Waals surface area (Å²) in [6.07, 6.45) is 0. The van der Waals surface area contributed by atoms with Crippen LogP contribution < -0.4 is 9.46 Å². The molecule has 0 fully saturated rings. The fourth-order valence-corrected chi connectivity index (χ4v) is 3.41. The number of sulfonamides is 1. The molecule has 0 spiro atoms. The fourth-order valence-electron chi connectivity index (χ4n) is 2.36. The zero-order valence-corrected chi connectivity index (χ0v) is 13.8. The van der Waals surface area contributed by atoms with Crippen LogP contribution in [-0.2, 0) is 16.6 Å². The molecule has 3 aromatic carbocycles. The molecule has 0 amide bonds. The third-order valence-corrected chi connectivity index (χ3v) is 5.11. The molecular weight excluding hydrogens is 329 g/mol. The van der Waals surface area contributed by atoms with Crippen molar-refractivity contribution in [2.45, 2.75) is 11.4 Å². The molecule has 0 saturated carbocycles. The van der Waals surface area contributed by atoms with Crippen LogP contribution in [0.5, 0.6) is 5.75 Å². The summed E-state index contributed by atoms with van der Waals surface area (Å²) in [5.74, 6) is 0.360. The van der Waals surface area contributed by atoms with Gasteiger partial charge >= 0.3 is 0 Å². The molecule has 4 nitrogen and oxygen atoms in total. The summed E-state index contributed by atoms with van der Waals surface area (Å²) in [7, 11) is -2.07. The van der Waals surface area contributed by atoms with E-state index in [0.29, 0.717) is 11.3 Å². The number of hydrogen-bond acceptors (Lipinski definition) is 3. The van der Waals surface area contributed by atoms with Gasteiger partial charge in [0.2, 0.25) is 10.0 Å². The van der Waals surface area contributed by atoms with Crippen LogP contribution in [0, 0.1) is 5.82 Å². The Morgan fingerprint density at radius 1 is 0.958 bits per heavy atom. The summed E-state index contributed by atoms with van der Waals surface area (Å²) < 4.78 is 45.4. The van der Waals surface area contributed by atoms with Crippen molar-refractivity contribution in [3.8, 4) is 5.75 Å². The van der Waals surface area contributed by atoms with Gasteiger partial charge in [0.05, 0.1) is 12.0 Å². The first-order valence-electron chi connectivity index (χ1n) is 7.30. The lowest BCUT2D eigenvalue weighted by molar-refractivity contribution is 0.415. The minimum absolute atomic E-state index is 0.100. The van der Waals surface area contributed by atoms with Gasteiger partial charge in [-0.15, -0.1) is 0 Å². The largest absolute Gasteiger partial charge is 0.497 e. The maximum absolute atomic E-state index is 12.9. The van der Waals surface area contributed by atoms with E-state index in [1.807, 2.05) is 12.1 Å². The molecule has 0 saturated heterocycles. The van der Waals surface area contributed by atoms with E-state index < -0.39 is 10.0 Å². The summed E-state index contributed by atoms with van der Waals surface area (Å²) >= 11 is 0. The van der Waals surface area contributed by atoms with Crippen molar-refractivity contribution in [1.82, 2.24) is 4.72 Å². The molecule has 0 bridgehead atoms. The van der Waals surface area contributed by atoms with E-state index >= 15 is 0 Å². The Balaban J connectivity index is 1.83. The van der Waals surface area contributed by atoms with Crippen LogP contribution in [0.3, 0.4) is 0 Å². The molecule has 0 aliphatic carbocycles. The van der Waals surface area contributed by atoms with E-state index in [4.69, 9.17) is 4.74 Å². The third-order valence-electron chi connectivity index (χ3n) is 3.71.